The van der Waals surface area contributed by atoms with Crippen LogP contribution in [-0.4, -0.2) is 17.8 Å². The molecule has 1 aliphatic rings. The quantitative estimate of drug-likeness (QED) is 0.456. The third kappa shape index (κ3) is 2.63. The van der Waals surface area contributed by atoms with Crippen LogP contribution in [0.25, 0.3) is 0 Å². The van der Waals surface area contributed by atoms with E-state index in [1.807, 2.05) is 21.6 Å². The molecule has 1 nitrogen and oxygen atoms in total. The van der Waals surface area contributed by atoms with Gasteiger partial charge >= 0.3 is 0 Å². The lowest BCUT2D eigenvalue weighted by molar-refractivity contribution is -0.108. The second-order valence-corrected chi connectivity index (χ2v) is 4.79. The van der Waals surface area contributed by atoms with Gasteiger partial charge in [0, 0.05) is 17.9 Å². The zero-order valence-corrected chi connectivity index (χ0v) is 6.84. The summed E-state index contributed by atoms with van der Waals surface area (Å²) in [6.07, 6.45) is 3.05. The molecule has 9 heavy (non-hydrogen) atoms. The van der Waals surface area contributed by atoms with E-state index >= 15 is 0 Å². The van der Waals surface area contributed by atoms with Crippen LogP contribution in [0.15, 0.2) is 0 Å². The zero-order chi connectivity index (χ0) is 6.53. The maximum Gasteiger partial charge on any atom is 0.120 e. The van der Waals surface area contributed by atoms with E-state index in [0.29, 0.717) is 5.92 Å². The second-order valence-electron chi connectivity index (χ2n) is 2.16. The van der Waals surface area contributed by atoms with Gasteiger partial charge in [-0.1, -0.05) is 21.6 Å². The number of carbonyl (C=O) groups excluding carboxylic acids is 1. The topological polar surface area (TPSA) is 17.1 Å². The zero-order valence-electron chi connectivity index (χ0n) is 5.21. The number of carbonyl (C=O) groups is 1. The van der Waals surface area contributed by atoms with Crippen molar-refractivity contribution in [3.63, 3.8) is 0 Å². The molecular formula is C6H10OS2. The molecule has 1 unspecified atom stereocenters. The minimum Gasteiger partial charge on any atom is -0.303 e. The van der Waals surface area contributed by atoms with Crippen molar-refractivity contribution in [3.8, 4) is 0 Å². The standard InChI is InChI=1S/C6H10OS2/c7-3-1-6-2-4-8-9-5-6/h3,6H,1-2,4-5H2. The first-order valence-corrected chi connectivity index (χ1v) is 5.60. The van der Waals surface area contributed by atoms with Crippen LogP contribution in [0.5, 0.6) is 0 Å². The van der Waals surface area contributed by atoms with E-state index in [1.165, 1.54) is 17.9 Å². The van der Waals surface area contributed by atoms with Crippen LogP contribution in [0.1, 0.15) is 12.8 Å². The summed E-state index contributed by atoms with van der Waals surface area (Å²) in [4.78, 5) is 10.1. The lowest BCUT2D eigenvalue weighted by atomic mass is 10.1. The molecule has 0 aliphatic carbocycles. The Labute approximate surface area is 63.4 Å². The highest BCUT2D eigenvalue weighted by Crippen LogP contribution is 2.33. The van der Waals surface area contributed by atoms with E-state index in [1.54, 1.807) is 0 Å². The fourth-order valence-electron chi connectivity index (χ4n) is 0.823. The predicted octanol–water partition coefficient (Wildman–Crippen LogP) is 1.98. The third-order valence-electron chi connectivity index (χ3n) is 1.43. The Morgan fingerprint density at radius 1 is 1.56 bits per heavy atom. The molecule has 1 saturated heterocycles. The molecule has 0 aromatic carbocycles. The van der Waals surface area contributed by atoms with E-state index in [9.17, 15) is 4.79 Å². The molecule has 1 fully saturated rings. The SMILES string of the molecule is O=CCC1CCSSC1. The highest BCUT2D eigenvalue weighted by molar-refractivity contribution is 8.76. The van der Waals surface area contributed by atoms with Crippen LogP contribution >= 0.6 is 21.6 Å². The smallest absolute Gasteiger partial charge is 0.120 e. The van der Waals surface area contributed by atoms with E-state index < -0.39 is 0 Å². The molecule has 52 valence electrons. The van der Waals surface area contributed by atoms with E-state index in [0.717, 1.165) is 12.7 Å². The first kappa shape index (κ1) is 7.48. The Morgan fingerprint density at radius 2 is 2.44 bits per heavy atom. The van der Waals surface area contributed by atoms with Crippen molar-refractivity contribution in [2.24, 2.45) is 5.92 Å². The molecule has 0 radical (unpaired) electrons. The monoisotopic (exact) mass is 162 g/mol. The van der Waals surface area contributed by atoms with Gasteiger partial charge in [-0.25, -0.2) is 0 Å². The molecule has 0 N–H and O–H groups in total. The van der Waals surface area contributed by atoms with E-state index in [2.05, 4.69) is 0 Å². The summed E-state index contributed by atoms with van der Waals surface area (Å²) >= 11 is 0. The van der Waals surface area contributed by atoms with Gasteiger partial charge in [-0.3, -0.25) is 0 Å². The highest BCUT2D eigenvalue weighted by Gasteiger charge is 2.12. The van der Waals surface area contributed by atoms with Crippen LogP contribution in [0.3, 0.4) is 0 Å². The largest absolute Gasteiger partial charge is 0.303 e. The Kier molecular flexibility index (Phi) is 3.51. The molecule has 1 rings (SSSR count). The van der Waals surface area contributed by atoms with Gasteiger partial charge < -0.3 is 4.79 Å². The van der Waals surface area contributed by atoms with Gasteiger partial charge in [0.1, 0.15) is 6.29 Å². The Morgan fingerprint density at radius 3 is 3.00 bits per heavy atom. The van der Waals surface area contributed by atoms with Crippen LogP contribution in [0.4, 0.5) is 0 Å². The summed E-state index contributed by atoms with van der Waals surface area (Å²) in [6.45, 7) is 0. The molecule has 1 aliphatic heterocycles. The fourth-order valence-corrected chi connectivity index (χ4v) is 3.47. The highest BCUT2D eigenvalue weighted by atomic mass is 33.1. The molecule has 0 bridgehead atoms. The number of rotatable bonds is 2. The Balaban J connectivity index is 2.15. The van der Waals surface area contributed by atoms with Crippen molar-refractivity contribution in [3.05, 3.63) is 0 Å². The maximum absolute atomic E-state index is 10.1. The summed E-state index contributed by atoms with van der Waals surface area (Å²) < 4.78 is 0. The van der Waals surface area contributed by atoms with Gasteiger partial charge in [-0.15, -0.1) is 0 Å². The lowest BCUT2D eigenvalue weighted by Crippen LogP contribution is -2.08. The van der Waals surface area contributed by atoms with Crippen molar-refractivity contribution in [2.45, 2.75) is 12.8 Å². The maximum atomic E-state index is 10.1. The van der Waals surface area contributed by atoms with Gasteiger partial charge in [-0.05, 0) is 12.3 Å². The summed E-state index contributed by atoms with van der Waals surface area (Å²) in [6, 6.07) is 0. The predicted molar refractivity (Wildman–Crippen MR) is 43.7 cm³/mol. The summed E-state index contributed by atoms with van der Waals surface area (Å²) in [5, 5.41) is 0. The molecule has 1 atom stereocenters. The summed E-state index contributed by atoms with van der Waals surface area (Å²) in [5.41, 5.74) is 0. The average Bonchev–Trinajstić information content (AvgIpc) is 1.91. The molecule has 0 amide bonds. The van der Waals surface area contributed by atoms with Crippen LogP contribution < -0.4 is 0 Å². The molecular weight excluding hydrogens is 152 g/mol. The van der Waals surface area contributed by atoms with Gasteiger partial charge in [-0.2, -0.15) is 0 Å². The first-order valence-electron chi connectivity index (χ1n) is 3.11. The molecule has 0 spiro atoms. The van der Waals surface area contributed by atoms with Crippen LogP contribution in [0.2, 0.25) is 0 Å². The second kappa shape index (κ2) is 4.23. The summed E-state index contributed by atoms with van der Waals surface area (Å²) in [5.74, 6) is 3.07. The lowest BCUT2D eigenvalue weighted by Gasteiger charge is -2.17. The van der Waals surface area contributed by atoms with Gasteiger partial charge in [0.15, 0.2) is 0 Å². The Bertz CT molecular complexity index is 89.1. The summed E-state index contributed by atoms with van der Waals surface area (Å²) in [7, 11) is 3.83. The van der Waals surface area contributed by atoms with Gasteiger partial charge in [0.2, 0.25) is 0 Å². The fraction of sp³-hybridized carbons (Fsp3) is 0.833. The number of aldehydes is 1. The Hall–Kier alpha value is 0.370. The first-order chi connectivity index (χ1) is 4.43. The van der Waals surface area contributed by atoms with Crippen LogP contribution in [-0.2, 0) is 4.79 Å². The normalized spacial score (nSPS) is 27.8. The molecule has 0 aromatic heterocycles. The third-order valence-corrected chi connectivity index (χ3v) is 4.01. The number of hydrogen-bond donors (Lipinski definition) is 0. The number of hydrogen-bond acceptors (Lipinski definition) is 3. The molecule has 0 saturated carbocycles. The average molecular weight is 162 g/mol. The van der Waals surface area contributed by atoms with Gasteiger partial charge in [0.25, 0.3) is 0 Å². The van der Waals surface area contributed by atoms with E-state index in [4.69, 9.17) is 0 Å². The van der Waals surface area contributed by atoms with Crippen molar-refractivity contribution >= 4 is 27.9 Å². The minimum atomic E-state index is 0.675. The molecule has 1 heterocycles. The van der Waals surface area contributed by atoms with Crippen molar-refractivity contribution in [2.75, 3.05) is 11.5 Å². The van der Waals surface area contributed by atoms with Gasteiger partial charge in [0.05, 0.1) is 0 Å². The van der Waals surface area contributed by atoms with Crippen molar-refractivity contribution < 1.29 is 4.79 Å². The van der Waals surface area contributed by atoms with Crippen molar-refractivity contribution in [1.29, 1.82) is 0 Å². The molecule has 3 heteroatoms. The van der Waals surface area contributed by atoms with Crippen LogP contribution in [0, 0.1) is 5.92 Å². The van der Waals surface area contributed by atoms with Crippen molar-refractivity contribution in [1.82, 2.24) is 0 Å². The molecule has 0 aromatic rings. The van der Waals surface area contributed by atoms with E-state index in [-0.39, 0.29) is 0 Å². The minimum absolute atomic E-state index is 0.675.